The molecule has 0 bridgehead atoms. The van der Waals surface area contributed by atoms with Gasteiger partial charge in [-0.05, 0) is 82.3 Å². The predicted molar refractivity (Wildman–Crippen MR) is 178 cm³/mol. The number of fused-ring (bicyclic) bond motifs is 3. The summed E-state index contributed by atoms with van der Waals surface area (Å²) in [6.45, 7) is -0.425. The number of nitrogens with zero attached hydrogens (tertiary/aromatic N) is 1. The second kappa shape index (κ2) is 14.7. The highest BCUT2D eigenvalue weighted by molar-refractivity contribution is 7.89. The minimum absolute atomic E-state index is 0.0460. The third kappa shape index (κ3) is 7.29. The Hall–Kier alpha value is -4.55. The number of carbonyl (C=O) groups excluding carboxylic acids is 1. The molecule has 6 rings (SSSR count). The number of halogens is 1. The number of nitrogens with one attached hydrogen (secondary N) is 1. The number of sulfonamides is 1. The van der Waals surface area contributed by atoms with Gasteiger partial charge in [0.05, 0.1) is 25.2 Å². The van der Waals surface area contributed by atoms with E-state index in [4.69, 9.17) is 14.2 Å². The van der Waals surface area contributed by atoms with E-state index in [2.05, 4.69) is 29.6 Å². The Kier molecular flexibility index (Phi) is 10.2. The highest BCUT2D eigenvalue weighted by Crippen LogP contribution is 2.43. The van der Waals surface area contributed by atoms with Gasteiger partial charge in [0.1, 0.15) is 11.6 Å². The Morgan fingerprint density at radius 3 is 2.48 bits per heavy atom. The number of amides is 1. The first kappa shape index (κ1) is 33.4. The summed E-state index contributed by atoms with van der Waals surface area (Å²) in [5.74, 6) is -0.426. The normalized spacial score (nSPS) is 16.9. The Morgan fingerprint density at radius 1 is 0.979 bits per heavy atom. The van der Waals surface area contributed by atoms with Gasteiger partial charge in [0.15, 0.2) is 5.76 Å². The summed E-state index contributed by atoms with van der Waals surface area (Å²) in [6.07, 6.45) is 2.12. The molecule has 1 aliphatic carbocycles. The van der Waals surface area contributed by atoms with Crippen molar-refractivity contribution in [3.63, 3.8) is 0 Å². The van der Waals surface area contributed by atoms with Crippen LogP contribution in [0.5, 0.6) is 5.75 Å². The van der Waals surface area contributed by atoms with Gasteiger partial charge in [-0.25, -0.2) is 12.8 Å². The molecule has 2 N–H and O–H groups in total. The predicted octanol–water partition coefficient (Wildman–Crippen LogP) is 5.14. The van der Waals surface area contributed by atoms with Crippen LogP contribution in [0, 0.1) is 5.82 Å². The van der Waals surface area contributed by atoms with Crippen LogP contribution in [-0.4, -0.2) is 63.4 Å². The molecule has 0 spiro atoms. The molecule has 0 aromatic heterocycles. The molecule has 1 aliphatic heterocycles. The molecule has 2 unspecified atom stereocenters. The Bertz CT molecular complexity index is 1900. The molecule has 11 heteroatoms. The molecule has 48 heavy (non-hydrogen) atoms. The van der Waals surface area contributed by atoms with Gasteiger partial charge in [-0.15, -0.1) is 0 Å². The molecule has 4 aromatic rings. The van der Waals surface area contributed by atoms with E-state index in [1.807, 2.05) is 24.3 Å². The van der Waals surface area contributed by atoms with Crippen LogP contribution >= 0.6 is 0 Å². The highest BCUT2D eigenvalue weighted by atomic mass is 32.2. The SMILES string of the molecule is COc1ccc(S(=O)(=O)N(CCO)CCOC2CC(c3cccc4c3Cc3ccccc3-4)C=C(C(=O)NCc3ccc(F)cc3)O2)cc1. The molecule has 0 saturated carbocycles. The Balaban J connectivity index is 1.21. The average molecular weight is 673 g/mol. The van der Waals surface area contributed by atoms with Crippen molar-refractivity contribution in [2.45, 2.75) is 36.5 Å². The van der Waals surface area contributed by atoms with Crippen molar-refractivity contribution in [1.29, 1.82) is 0 Å². The molecule has 9 nitrogen and oxygen atoms in total. The van der Waals surface area contributed by atoms with Crippen LogP contribution in [-0.2, 0) is 37.3 Å². The molecule has 4 aromatic carbocycles. The Labute approximate surface area is 279 Å². The van der Waals surface area contributed by atoms with Crippen molar-refractivity contribution in [1.82, 2.24) is 9.62 Å². The smallest absolute Gasteiger partial charge is 0.286 e. The van der Waals surface area contributed by atoms with Crippen molar-refractivity contribution in [3.05, 3.63) is 131 Å². The van der Waals surface area contributed by atoms with Crippen molar-refractivity contribution < 1.29 is 36.9 Å². The lowest BCUT2D eigenvalue weighted by Crippen LogP contribution is -2.38. The first-order chi connectivity index (χ1) is 23.3. The van der Waals surface area contributed by atoms with Gasteiger partial charge in [-0.1, -0.05) is 54.6 Å². The highest BCUT2D eigenvalue weighted by Gasteiger charge is 2.32. The van der Waals surface area contributed by atoms with E-state index in [0.29, 0.717) is 12.2 Å². The van der Waals surface area contributed by atoms with Crippen LogP contribution in [0.25, 0.3) is 11.1 Å². The fourth-order valence-electron chi connectivity index (χ4n) is 6.18. The summed E-state index contributed by atoms with van der Waals surface area (Å²) in [5.41, 5.74) is 6.57. The first-order valence-corrected chi connectivity index (χ1v) is 17.2. The van der Waals surface area contributed by atoms with E-state index in [-0.39, 0.29) is 55.2 Å². The van der Waals surface area contributed by atoms with Gasteiger partial charge in [0.25, 0.3) is 5.91 Å². The van der Waals surface area contributed by atoms with E-state index in [0.717, 1.165) is 27.4 Å². The van der Waals surface area contributed by atoms with Gasteiger partial charge in [0, 0.05) is 32.0 Å². The molecule has 2 aliphatic rings. The lowest BCUT2D eigenvalue weighted by Gasteiger charge is -2.31. The lowest BCUT2D eigenvalue weighted by atomic mass is 9.87. The fourth-order valence-corrected chi connectivity index (χ4v) is 7.60. The summed E-state index contributed by atoms with van der Waals surface area (Å²) >= 11 is 0. The second-order valence-electron chi connectivity index (χ2n) is 11.6. The van der Waals surface area contributed by atoms with Crippen LogP contribution in [0.15, 0.2) is 108 Å². The largest absolute Gasteiger partial charge is 0.497 e. The van der Waals surface area contributed by atoms with Gasteiger partial charge < -0.3 is 24.6 Å². The van der Waals surface area contributed by atoms with Crippen molar-refractivity contribution in [2.24, 2.45) is 0 Å². The maximum absolute atomic E-state index is 13.4. The number of rotatable bonds is 13. The molecule has 1 amide bonds. The minimum atomic E-state index is -3.94. The quantitative estimate of drug-likeness (QED) is 0.178. The summed E-state index contributed by atoms with van der Waals surface area (Å²) in [5, 5.41) is 12.5. The molecule has 0 saturated heterocycles. The monoisotopic (exact) mass is 672 g/mol. The number of methoxy groups -OCH3 is 1. The molecular formula is C37H37FN2O7S. The van der Waals surface area contributed by atoms with Crippen LogP contribution in [0.3, 0.4) is 0 Å². The number of aliphatic hydroxyl groups is 1. The van der Waals surface area contributed by atoms with Crippen LogP contribution in [0.2, 0.25) is 0 Å². The Morgan fingerprint density at radius 2 is 1.73 bits per heavy atom. The number of hydrogen-bond donors (Lipinski definition) is 2. The number of ether oxygens (including phenoxy) is 3. The first-order valence-electron chi connectivity index (χ1n) is 15.7. The van der Waals surface area contributed by atoms with Crippen molar-refractivity contribution in [2.75, 3.05) is 33.4 Å². The van der Waals surface area contributed by atoms with Gasteiger partial charge in [-0.3, -0.25) is 4.79 Å². The van der Waals surface area contributed by atoms with Crippen LogP contribution in [0.4, 0.5) is 4.39 Å². The maximum atomic E-state index is 13.4. The average Bonchev–Trinajstić information content (AvgIpc) is 3.50. The van der Waals surface area contributed by atoms with Crippen LogP contribution in [0.1, 0.15) is 34.6 Å². The van der Waals surface area contributed by atoms with Crippen LogP contribution < -0.4 is 10.1 Å². The number of aliphatic hydroxyl groups excluding tert-OH is 1. The van der Waals surface area contributed by atoms with Gasteiger partial charge >= 0.3 is 0 Å². The third-order valence-corrected chi connectivity index (χ3v) is 10.5. The number of hydrogen-bond acceptors (Lipinski definition) is 7. The topological polar surface area (TPSA) is 114 Å². The standard InChI is InChI=1S/C37H37FN2O7S/c1-45-29-13-15-30(16-14-29)48(43,44)40(17-19-41)18-20-46-36-23-27(22-35(47-36)37(42)39-24-25-9-11-28(38)12-10-25)32-7-4-8-33-31-6-3-2-5-26(31)21-34(32)33/h2-16,22,27,36,41H,17-21,23-24H2,1H3,(H,39,42). The zero-order chi connectivity index (χ0) is 33.7. The zero-order valence-electron chi connectivity index (χ0n) is 26.5. The summed E-state index contributed by atoms with van der Waals surface area (Å²) < 4.78 is 58.7. The minimum Gasteiger partial charge on any atom is -0.497 e. The van der Waals surface area contributed by atoms with Crippen molar-refractivity contribution >= 4 is 15.9 Å². The number of allylic oxidation sites excluding steroid dienone is 1. The van der Waals surface area contributed by atoms with E-state index < -0.39 is 22.2 Å². The molecule has 2 atom stereocenters. The summed E-state index contributed by atoms with van der Waals surface area (Å²) in [7, 11) is -2.44. The van der Waals surface area contributed by atoms with E-state index in [9.17, 15) is 22.7 Å². The van der Waals surface area contributed by atoms with E-state index in [1.54, 1.807) is 24.3 Å². The molecule has 1 heterocycles. The molecule has 250 valence electrons. The maximum Gasteiger partial charge on any atom is 0.286 e. The van der Waals surface area contributed by atoms with Gasteiger partial charge in [0.2, 0.25) is 16.3 Å². The zero-order valence-corrected chi connectivity index (χ0v) is 27.3. The summed E-state index contributed by atoms with van der Waals surface area (Å²) in [6, 6.07) is 26.4. The number of carbonyl (C=O) groups is 1. The van der Waals surface area contributed by atoms with Crippen molar-refractivity contribution in [3.8, 4) is 16.9 Å². The fraction of sp³-hybridized carbons (Fsp3) is 0.270. The van der Waals surface area contributed by atoms with E-state index >= 15 is 0 Å². The third-order valence-electron chi connectivity index (χ3n) is 8.63. The molecule has 0 fully saturated rings. The van der Waals surface area contributed by atoms with Gasteiger partial charge in [-0.2, -0.15) is 4.31 Å². The molecule has 0 radical (unpaired) electrons. The number of benzene rings is 4. The second-order valence-corrected chi connectivity index (χ2v) is 13.5. The van der Waals surface area contributed by atoms with E-state index in [1.165, 1.54) is 48.1 Å². The summed E-state index contributed by atoms with van der Waals surface area (Å²) in [4.78, 5) is 13.5. The lowest BCUT2D eigenvalue weighted by molar-refractivity contribution is -0.146. The molecular weight excluding hydrogens is 635 g/mol.